The average Bonchev–Trinajstić information content (AvgIpc) is 2.78. The summed E-state index contributed by atoms with van der Waals surface area (Å²) in [4.78, 5) is 14.9. The Balaban J connectivity index is 1.95. The van der Waals surface area contributed by atoms with Gasteiger partial charge in [-0.25, -0.2) is 9.53 Å². The molecule has 3 aromatic carbocycles. The smallest absolute Gasteiger partial charge is 0.411 e. The largest absolute Gasteiger partial charge is 0.624 e. The number of ether oxygens (including phenoxy) is 1. The molecule has 0 fully saturated rings. The van der Waals surface area contributed by atoms with Gasteiger partial charge in [0.1, 0.15) is 11.6 Å². The van der Waals surface area contributed by atoms with Crippen LogP contribution >= 0.6 is 0 Å². The summed E-state index contributed by atoms with van der Waals surface area (Å²) < 4.78 is 6.65. The van der Waals surface area contributed by atoms with Gasteiger partial charge in [0.25, 0.3) is 0 Å². The topological polar surface area (TPSA) is 55.6 Å². The van der Waals surface area contributed by atoms with E-state index in [4.69, 9.17) is 4.74 Å². The van der Waals surface area contributed by atoms with Gasteiger partial charge in [-0.3, -0.25) is 4.90 Å². The first-order valence-corrected chi connectivity index (χ1v) is 11.2. The molecule has 1 amide bonds. The molecule has 3 rings (SSSR count). The summed E-state index contributed by atoms with van der Waals surface area (Å²) in [5.41, 5.74) is 2.27. The van der Waals surface area contributed by atoms with Crippen LogP contribution in [0.5, 0.6) is 0 Å². The van der Waals surface area contributed by atoms with Crippen molar-refractivity contribution in [1.82, 2.24) is 4.90 Å². The molecule has 33 heavy (non-hydrogen) atoms. The first-order valence-electron chi connectivity index (χ1n) is 11.2. The maximum absolute atomic E-state index is 13.3. The third-order valence-electron chi connectivity index (χ3n) is 5.03. The molecule has 5 heteroatoms. The molecule has 0 heterocycles. The number of nitrogens with zero attached hydrogens (tertiary/aromatic N) is 2. The van der Waals surface area contributed by atoms with E-state index >= 15 is 0 Å². The van der Waals surface area contributed by atoms with E-state index in [0.717, 1.165) is 21.4 Å². The molecule has 0 saturated carbocycles. The number of benzene rings is 3. The van der Waals surface area contributed by atoms with Crippen LogP contribution in [0.1, 0.15) is 37.5 Å². The minimum atomic E-state index is -0.648. The standard InChI is InChI=1S/C28H32N2O3/c1-28(2,3)33-27(31)30(21-25-17-11-6-12-18-25)26(19-23-13-7-4-8-14-23)22-29(32)20-24-15-9-5-10-16-24/h4-18,22,26H,19-21H2,1-3H3/b29-22-. The zero-order valence-electron chi connectivity index (χ0n) is 19.6. The van der Waals surface area contributed by atoms with Crippen molar-refractivity contribution in [3.8, 4) is 0 Å². The van der Waals surface area contributed by atoms with Crippen LogP contribution in [-0.4, -0.2) is 33.6 Å². The SMILES string of the molecule is CC(C)(C)OC(=O)N(Cc1ccccc1)C(/C=[N+](\[O-])Cc1ccccc1)Cc1ccccc1. The molecule has 0 radical (unpaired) electrons. The van der Waals surface area contributed by atoms with Gasteiger partial charge in [-0.2, -0.15) is 0 Å². The Hall–Kier alpha value is -3.60. The van der Waals surface area contributed by atoms with Crippen molar-refractivity contribution >= 4 is 12.3 Å². The van der Waals surface area contributed by atoms with E-state index in [-0.39, 0.29) is 6.54 Å². The highest BCUT2D eigenvalue weighted by Crippen LogP contribution is 2.18. The number of amides is 1. The van der Waals surface area contributed by atoms with Gasteiger partial charge in [-0.1, -0.05) is 91.0 Å². The molecular formula is C28H32N2O3. The van der Waals surface area contributed by atoms with E-state index in [1.807, 2.05) is 112 Å². The number of hydroxylamine groups is 1. The van der Waals surface area contributed by atoms with Crippen LogP contribution in [0.3, 0.4) is 0 Å². The van der Waals surface area contributed by atoms with Gasteiger partial charge in [0.2, 0.25) is 0 Å². The van der Waals surface area contributed by atoms with Crippen molar-refractivity contribution in [2.75, 3.05) is 0 Å². The summed E-state index contributed by atoms with van der Waals surface area (Å²) in [5, 5.41) is 13.0. The highest BCUT2D eigenvalue weighted by Gasteiger charge is 2.30. The fourth-order valence-corrected chi connectivity index (χ4v) is 3.52. The molecule has 0 spiro atoms. The number of hydrogen-bond donors (Lipinski definition) is 0. The Bertz CT molecular complexity index is 1030. The molecule has 3 aromatic rings. The molecule has 0 N–H and O–H groups in total. The molecule has 5 nitrogen and oxygen atoms in total. The van der Waals surface area contributed by atoms with Crippen molar-refractivity contribution in [3.63, 3.8) is 0 Å². The first-order chi connectivity index (χ1) is 15.8. The lowest BCUT2D eigenvalue weighted by Gasteiger charge is -2.31. The third kappa shape index (κ3) is 8.11. The summed E-state index contributed by atoms with van der Waals surface area (Å²) in [6, 6.07) is 28.7. The van der Waals surface area contributed by atoms with Crippen LogP contribution in [0.2, 0.25) is 0 Å². The van der Waals surface area contributed by atoms with Gasteiger partial charge < -0.3 is 9.94 Å². The molecule has 0 aliphatic carbocycles. The quantitative estimate of drug-likeness (QED) is 0.190. The van der Waals surface area contributed by atoms with Crippen LogP contribution in [0.15, 0.2) is 91.0 Å². The molecule has 0 aliphatic rings. The summed E-state index contributed by atoms with van der Waals surface area (Å²) in [6.45, 7) is 6.08. The molecule has 0 aliphatic heterocycles. The van der Waals surface area contributed by atoms with Crippen LogP contribution in [-0.2, 0) is 24.2 Å². The van der Waals surface area contributed by atoms with Gasteiger partial charge in [-0.15, -0.1) is 0 Å². The monoisotopic (exact) mass is 444 g/mol. The molecule has 0 bridgehead atoms. The zero-order chi connectivity index (χ0) is 23.7. The summed E-state index contributed by atoms with van der Waals surface area (Å²) in [5.74, 6) is 0. The van der Waals surface area contributed by atoms with Gasteiger partial charge in [0.15, 0.2) is 12.8 Å². The third-order valence-corrected chi connectivity index (χ3v) is 5.03. The molecule has 172 valence electrons. The van der Waals surface area contributed by atoms with Gasteiger partial charge in [0, 0.05) is 18.5 Å². The van der Waals surface area contributed by atoms with E-state index < -0.39 is 17.7 Å². The second-order valence-corrected chi connectivity index (χ2v) is 9.06. The van der Waals surface area contributed by atoms with E-state index in [2.05, 4.69) is 0 Å². The van der Waals surface area contributed by atoms with E-state index in [0.29, 0.717) is 13.0 Å². The summed E-state index contributed by atoms with van der Waals surface area (Å²) in [6.07, 6.45) is 1.64. The van der Waals surface area contributed by atoms with Crippen LogP contribution in [0.25, 0.3) is 0 Å². The maximum Gasteiger partial charge on any atom is 0.411 e. The van der Waals surface area contributed by atoms with Gasteiger partial charge >= 0.3 is 6.09 Å². The Morgan fingerprint density at radius 2 is 1.36 bits per heavy atom. The normalized spacial score (nSPS) is 12.8. The van der Waals surface area contributed by atoms with Crippen molar-refractivity contribution in [2.45, 2.75) is 51.9 Å². The van der Waals surface area contributed by atoms with Crippen LogP contribution in [0.4, 0.5) is 4.79 Å². The minimum absolute atomic E-state index is 0.208. The van der Waals surface area contributed by atoms with Crippen molar-refractivity contribution in [3.05, 3.63) is 113 Å². The predicted molar refractivity (Wildman–Crippen MR) is 132 cm³/mol. The fourth-order valence-electron chi connectivity index (χ4n) is 3.52. The molecule has 0 aromatic heterocycles. The lowest BCUT2D eigenvalue weighted by molar-refractivity contribution is -0.472. The molecule has 1 unspecified atom stereocenters. The van der Waals surface area contributed by atoms with Crippen molar-refractivity contribution < 1.29 is 14.3 Å². The number of carbonyl (C=O) groups excluding carboxylic acids is 1. The fraction of sp³-hybridized carbons (Fsp3) is 0.286. The van der Waals surface area contributed by atoms with E-state index in [1.165, 1.54) is 0 Å². The van der Waals surface area contributed by atoms with E-state index in [1.54, 1.807) is 11.1 Å². The Labute approximate surface area is 196 Å². The van der Waals surface area contributed by atoms with Crippen molar-refractivity contribution in [1.29, 1.82) is 0 Å². The van der Waals surface area contributed by atoms with Crippen LogP contribution < -0.4 is 0 Å². The lowest BCUT2D eigenvalue weighted by Crippen LogP contribution is -2.46. The summed E-state index contributed by atoms with van der Waals surface area (Å²) in [7, 11) is 0. The second-order valence-electron chi connectivity index (χ2n) is 9.06. The zero-order valence-corrected chi connectivity index (χ0v) is 19.6. The van der Waals surface area contributed by atoms with Crippen molar-refractivity contribution in [2.24, 2.45) is 0 Å². The predicted octanol–water partition coefficient (Wildman–Crippen LogP) is 5.82. The molecule has 1 atom stereocenters. The lowest BCUT2D eigenvalue weighted by atomic mass is 10.0. The first kappa shape index (κ1) is 24.1. The average molecular weight is 445 g/mol. The highest BCUT2D eigenvalue weighted by atomic mass is 16.6. The summed E-state index contributed by atoms with van der Waals surface area (Å²) >= 11 is 0. The van der Waals surface area contributed by atoms with E-state index in [9.17, 15) is 10.0 Å². The second kappa shape index (κ2) is 11.3. The minimum Gasteiger partial charge on any atom is -0.624 e. The Kier molecular flexibility index (Phi) is 8.25. The molecule has 0 saturated heterocycles. The number of hydrogen-bond acceptors (Lipinski definition) is 3. The number of rotatable bonds is 8. The molecular weight excluding hydrogens is 412 g/mol. The van der Waals surface area contributed by atoms with Crippen LogP contribution in [0, 0.1) is 5.21 Å². The maximum atomic E-state index is 13.3. The van der Waals surface area contributed by atoms with Gasteiger partial charge in [0.05, 0.1) is 0 Å². The Morgan fingerprint density at radius 1 is 0.879 bits per heavy atom. The highest BCUT2D eigenvalue weighted by molar-refractivity contribution is 5.74. The Morgan fingerprint density at radius 3 is 1.88 bits per heavy atom. The van der Waals surface area contributed by atoms with Gasteiger partial charge in [-0.05, 0) is 31.9 Å². The number of carbonyl (C=O) groups is 1.